The van der Waals surface area contributed by atoms with E-state index >= 15 is 0 Å². The minimum absolute atomic E-state index is 0.0401. The van der Waals surface area contributed by atoms with Crippen molar-refractivity contribution in [3.05, 3.63) is 11.1 Å². The molecule has 0 saturated heterocycles. The zero-order valence-corrected chi connectivity index (χ0v) is 21.4. The first-order valence-corrected chi connectivity index (χ1v) is 14.7. The topological polar surface area (TPSA) is 104 Å². The third-order valence-electron chi connectivity index (χ3n) is 10.2. The Labute approximate surface area is 199 Å². The van der Waals surface area contributed by atoms with Crippen molar-refractivity contribution in [1.29, 1.82) is 0 Å². The molecule has 0 aromatic carbocycles. The predicted octanol–water partition coefficient (Wildman–Crippen LogP) is 4.49. The first-order valence-electron chi connectivity index (χ1n) is 13.1. The van der Waals surface area contributed by atoms with E-state index in [4.69, 9.17) is 4.55 Å². The molecule has 4 rings (SSSR count). The van der Waals surface area contributed by atoms with E-state index in [0.29, 0.717) is 35.5 Å². The van der Waals surface area contributed by atoms with Crippen molar-refractivity contribution in [2.24, 2.45) is 34.5 Å². The number of allylic oxidation sites excluding steroid dienone is 2. The quantitative estimate of drug-likeness (QED) is 0.367. The summed E-state index contributed by atoms with van der Waals surface area (Å²) in [4.78, 5) is 12.2. The Morgan fingerprint density at radius 1 is 1.15 bits per heavy atom. The van der Waals surface area contributed by atoms with Crippen molar-refractivity contribution in [2.75, 3.05) is 12.3 Å². The van der Waals surface area contributed by atoms with Crippen LogP contribution in [0, 0.1) is 34.5 Å². The Bertz CT molecular complexity index is 898. The summed E-state index contributed by atoms with van der Waals surface area (Å²) in [6.07, 6.45) is 11.5. The Morgan fingerprint density at radius 3 is 2.64 bits per heavy atom. The van der Waals surface area contributed by atoms with Crippen molar-refractivity contribution >= 4 is 16.0 Å². The standard InChI is InChI=1S/C26H43NO5S/c1-17(4-9-24(29)27-14-15-33(30,31)32)21-7-8-22-20-6-5-18-16-19(28)10-12-25(18,2)23(20)11-13-26(21,22)3/h17-19,21,23,28H,4-16H2,1-3H3,(H,27,29)(H,30,31,32). The summed E-state index contributed by atoms with van der Waals surface area (Å²) < 4.78 is 30.5. The van der Waals surface area contributed by atoms with Crippen LogP contribution >= 0.6 is 0 Å². The van der Waals surface area contributed by atoms with Crippen LogP contribution in [-0.2, 0) is 14.9 Å². The second-order valence-electron chi connectivity index (χ2n) is 12.0. The molecule has 7 atom stereocenters. The summed E-state index contributed by atoms with van der Waals surface area (Å²) in [7, 11) is -4.04. The smallest absolute Gasteiger partial charge is 0.266 e. The molecular formula is C26H43NO5S. The van der Waals surface area contributed by atoms with Gasteiger partial charge in [-0.25, -0.2) is 0 Å². The number of fused-ring (bicyclic) bond motifs is 4. The van der Waals surface area contributed by atoms with Crippen molar-refractivity contribution in [3.8, 4) is 0 Å². The number of carbonyl (C=O) groups is 1. The molecule has 1 amide bonds. The minimum Gasteiger partial charge on any atom is -0.393 e. The number of aliphatic hydroxyl groups excluding tert-OH is 1. The van der Waals surface area contributed by atoms with Gasteiger partial charge in [-0.05, 0) is 98.7 Å². The largest absolute Gasteiger partial charge is 0.393 e. The molecule has 0 heterocycles. The Balaban J connectivity index is 1.40. The van der Waals surface area contributed by atoms with Gasteiger partial charge in [0.25, 0.3) is 10.1 Å². The number of carbonyl (C=O) groups excluding carboxylic acids is 1. The van der Waals surface area contributed by atoms with Gasteiger partial charge in [0.15, 0.2) is 0 Å². The number of hydrogen-bond acceptors (Lipinski definition) is 4. The molecule has 7 unspecified atom stereocenters. The van der Waals surface area contributed by atoms with Gasteiger partial charge in [-0.2, -0.15) is 8.42 Å². The van der Waals surface area contributed by atoms with Crippen molar-refractivity contribution in [2.45, 2.75) is 97.5 Å². The highest BCUT2D eigenvalue weighted by Crippen LogP contribution is 2.65. The number of rotatable bonds is 7. The third-order valence-corrected chi connectivity index (χ3v) is 11.0. The maximum Gasteiger partial charge on any atom is 0.266 e. The fourth-order valence-electron chi connectivity index (χ4n) is 8.39. The summed E-state index contributed by atoms with van der Waals surface area (Å²) in [5, 5.41) is 12.9. The van der Waals surface area contributed by atoms with E-state index in [-0.39, 0.29) is 24.0 Å². The zero-order valence-electron chi connectivity index (χ0n) is 20.6. The van der Waals surface area contributed by atoms with E-state index in [0.717, 1.165) is 25.7 Å². The maximum atomic E-state index is 12.2. The van der Waals surface area contributed by atoms with Gasteiger partial charge < -0.3 is 10.4 Å². The molecule has 0 spiro atoms. The summed E-state index contributed by atoms with van der Waals surface area (Å²) in [6, 6.07) is 0. The average Bonchev–Trinajstić information content (AvgIpc) is 3.09. The average molecular weight is 482 g/mol. The lowest BCUT2D eigenvalue weighted by Crippen LogP contribution is -2.48. The molecule has 33 heavy (non-hydrogen) atoms. The molecule has 7 heteroatoms. The second-order valence-corrected chi connectivity index (χ2v) is 13.6. The number of nitrogens with one attached hydrogen (secondary N) is 1. The normalized spacial score (nSPS) is 39.4. The molecule has 0 aliphatic heterocycles. The first-order chi connectivity index (χ1) is 15.4. The summed E-state index contributed by atoms with van der Waals surface area (Å²) in [5.74, 6) is 1.80. The highest BCUT2D eigenvalue weighted by Gasteiger charge is 2.55. The van der Waals surface area contributed by atoms with Crippen molar-refractivity contribution in [3.63, 3.8) is 0 Å². The molecule has 4 aliphatic rings. The third kappa shape index (κ3) is 4.92. The number of hydrogen-bond donors (Lipinski definition) is 3. The van der Waals surface area contributed by atoms with E-state index in [1.54, 1.807) is 11.1 Å². The van der Waals surface area contributed by atoms with Gasteiger partial charge in [-0.15, -0.1) is 0 Å². The minimum atomic E-state index is -4.04. The molecule has 3 N–H and O–H groups in total. The van der Waals surface area contributed by atoms with Gasteiger partial charge in [-0.1, -0.05) is 31.9 Å². The molecule has 0 radical (unpaired) electrons. The van der Waals surface area contributed by atoms with Gasteiger partial charge in [0.1, 0.15) is 0 Å². The van der Waals surface area contributed by atoms with E-state index in [1.807, 2.05) is 0 Å². The molecule has 0 bridgehead atoms. The second kappa shape index (κ2) is 9.27. The monoisotopic (exact) mass is 481 g/mol. The Morgan fingerprint density at radius 2 is 1.91 bits per heavy atom. The molecule has 4 aliphatic carbocycles. The SMILES string of the molecule is CC(CCC(=O)NCCS(=O)(=O)O)C1CCC2=C3CCC4CC(O)CCC4(C)C3CCC21C. The summed E-state index contributed by atoms with van der Waals surface area (Å²) >= 11 is 0. The van der Waals surface area contributed by atoms with Gasteiger partial charge in [0.05, 0.1) is 11.9 Å². The summed E-state index contributed by atoms with van der Waals surface area (Å²) in [5.41, 5.74) is 4.09. The number of amides is 1. The fraction of sp³-hybridized carbons (Fsp3) is 0.885. The van der Waals surface area contributed by atoms with Gasteiger partial charge >= 0.3 is 0 Å². The van der Waals surface area contributed by atoms with E-state index in [1.165, 1.54) is 38.5 Å². The lowest BCUT2D eigenvalue weighted by Gasteiger charge is -2.56. The van der Waals surface area contributed by atoms with Crippen LogP contribution < -0.4 is 5.32 Å². The molecule has 3 saturated carbocycles. The molecule has 3 fully saturated rings. The van der Waals surface area contributed by atoms with Crippen LogP contribution in [-0.4, -0.2) is 42.4 Å². The van der Waals surface area contributed by atoms with E-state index in [2.05, 4.69) is 26.1 Å². The highest BCUT2D eigenvalue weighted by atomic mass is 32.2. The lowest BCUT2D eigenvalue weighted by atomic mass is 9.49. The molecule has 188 valence electrons. The van der Waals surface area contributed by atoms with Crippen LogP contribution in [0.2, 0.25) is 0 Å². The van der Waals surface area contributed by atoms with Crippen LogP contribution in [0.3, 0.4) is 0 Å². The van der Waals surface area contributed by atoms with Crippen LogP contribution in [0.4, 0.5) is 0 Å². The first kappa shape index (κ1) is 25.2. The van der Waals surface area contributed by atoms with Gasteiger partial charge in [0.2, 0.25) is 5.91 Å². The summed E-state index contributed by atoms with van der Waals surface area (Å²) in [6.45, 7) is 7.22. The predicted molar refractivity (Wildman–Crippen MR) is 129 cm³/mol. The van der Waals surface area contributed by atoms with Crippen LogP contribution in [0.5, 0.6) is 0 Å². The van der Waals surface area contributed by atoms with Gasteiger partial charge in [0, 0.05) is 13.0 Å². The van der Waals surface area contributed by atoms with Crippen LogP contribution in [0.1, 0.15) is 91.4 Å². The molecule has 0 aromatic rings. The Kier molecular flexibility index (Phi) is 7.07. The van der Waals surface area contributed by atoms with Gasteiger partial charge in [-0.3, -0.25) is 9.35 Å². The Hall–Kier alpha value is -0.920. The van der Waals surface area contributed by atoms with Crippen molar-refractivity contribution < 1.29 is 22.9 Å². The molecule has 0 aromatic heterocycles. The molecular weight excluding hydrogens is 438 g/mol. The highest BCUT2D eigenvalue weighted by molar-refractivity contribution is 7.85. The van der Waals surface area contributed by atoms with E-state index < -0.39 is 15.9 Å². The fourth-order valence-corrected chi connectivity index (χ4v) is 8.75. The number of aliphatic hydroxyl groups is 1. The van der Waals surface area contributed by atoms with Crippen LogP contribution in [0.15, 0.2) is 11.1 Å². The maximum absolute atomic E-state index is 12.2. The molecule has 6 nitrogen and oxygen atoms in total. The van der Waals surface area contributed by atoms with Crippen LogP contribution in [0.25, 0.3) is 0 Å². The van der Waals surface area contributed by atoms with E-state index in [9.17, 15) is 18.3 Å². The zero-order chi connectivity index (χ0) is 24.0. The van der Waals surface area contributed by atoms with Crippen molar-refractivity contribution in [1.82, 2.24) is 5.32 Å². The lowest BCUT2D eigenvalue weighted by molar-refractivity contribution is -0.121.